The molecule has 18 heavy (non-hydrogen) atoms. The first-order chi connectivity index (χ1) is 8.23. The number of aromatic nitrogens is 3. The summed E-state index contributed by atoms with van der Waals surface area (Å²) in [4.78, 5) is 10.6. The lowest BCUT2D eigenvalue weighted by molar-refractivity contribution is -0.144. The van der Waals surface area contributed by atoms with Gasteiger partial charge >= 0.3 is 12.1 Å². The van der Waals surface area contributed by atoms with Crippen molar-refractivity contribution in [2.24, 2.45) is 0 Å². The molecule has 0 unspecified atom stereocenters. The first-order valence-electron chi connectivity index (χ1n) is 5.09. The van der Waals surface area contributed by atoms with E-state index in [0.717, 1.165) is 0 Å². The molecule has 1 N–H and O–H groups in total. The van der Waals surface area contributed by atoms with Crippen molar-refractivity contribution >= 4 is 17.7 Å². The molecule has 102 valence electrons. The third kappa shape index (κ3) is 3.62. The minimum absolute atomic E-state index is 0.0298. The van der Waals surface area contributed by atoms with Gasteiger partial charge in [-0.25, -0.2) is 9.48 Å². The number of carboxylic acid groups (broad SMARTS) is 1. The Bertz CT molecular complexity index is 431. The highest BCUT2D eigenvalue weighted by Gasteiger charge is 2.41. The van der Waals surface area contributed by atoms with E-state index in [1.165, 1.54) is 11.8 Å². The van der Waals surface area contributed by atoms with Gasteiger partial charge in [0.2, 0.25) is 5.69 Å². The van der Waals surface area contributed by atoms with E-state index in [1.54, 1.807) is 0 Å². The van der Waals surface area contributed by atoms with Gasteiger partial charge in [0.1, 0.15) is 0 Å². The van der Waals surface area contributed by atoms with E-state index in [1.807, 2.05) is 13.8 Å². The minimum Gasteiger partial charge on any atom is -0.476 e. The molecule has 0 saturated carbocycles. The molecular formula is C9H12F3N3O2S. The summed E-state index contributed by atoms with van der Waals surface area (Å²) < 4.78 is 38.7. The zero-order valence-electron chi connectivity index (χ0n) is 9.73. The fraction of sp³-hybridized carbons (Fsp3) is 0.667. The first kappa shape index (κ1) is 14.8. The van der Waals surface area contributed by atoms with Gasteiger partial charge in [-0.05, 0) is 5.25 Å². The SMILES string of the molecule is CC(C)SCCn1nnc(C(=O)O)c1C(F)(F)F. The van der Waals surface area contributed by atoms with Crippen molar-refractivity contribution in [3.8, 4) is 0 Å². The number of aromatic carboxylic acids is 1. The second-order valence-corrected chi connectivity index (χ2v) is 5.42. The number of rotatable bonds is 5. The van der Waals surface area contributed by atoms with Crippen LogP contribution in [0, 0.1) is 0 Å². The molecule has 0 aliphatic carbocycles. The second kappa shape index (κ2) is 5.59. The van der Waals surface area contributed by atoms with E-state index in [2.05, 4.69) is 10.3 Å². The van der Waals surface area contributed by atoms with Gasteiger partial charge in [0.05, 0.1) is 6.54 Å². The number of alkyl halides is 3. The van der Waals surface area contributed by atoms with Gasteiger partial charge in [-0.2, -0.15) is 24.9 Å². The molecule has 1 heterocycles. The molecule has 0 atom stereocenters. The van der Waals surface area contributed by atoms with Crippen molar-refractivity contribution in [3.05, 3.63) is 11.4 Å². The average Bonchev–Trinajstić information content (AvgIpc) is 2.60. The van der Waals surface area contributed by atoms with Gasteiger partial charge < -0.3 is 5.11 Å². The first-order valence-corrected chi connectivity index (χ1v) is 6.14. The molecule has 5 nitrogen and oxygen atoms in total. The molecule has 0 spiro atoms. The largest absolute Gasteiger partial charge is 0.476 e. The zero-order valence-corrected chi connectivity index (χ0v) is 10.5. The molecule has 0 bridgehead atoms. The Hall–Kier alpha value is -1.25. The summed E-state index contributed by atoms with van der Waals surface area (Å²) in [5.41, 5.74) is -2.36. The lowest BCUT2D eigenvalue weighted by Crippen LogP contribution is -2.19. The Morgan fingerprint density at radius 3 is 2.56 bits per heavy atom. The molecule has 0 aliphatic rings. The van der Waals surface area contributed by atoms with Crippen LogP contribution in [-0.4, -0.2) is 37.1 Å². The van der Waals surface area contributed by atoms with E-state index < -0.39 is 23.5 Å². The Morgan fingerprint density at radius 2 is 2.11 bits per heavy atom. The Kier molecular flexibility index (Phi) is 4.60. The van der Waals surface area contributed by atoms with Crippen molar-refractivity contribution in [2.75, 3.05) is 5.75 Å². The van der Waals surface area contributed by atoms with Crippen LogP contribution in [0.2, 0.25) is 0 Å². The van der Waals surface area contributed by atoms with Crippen LogP contribution in [-0.2, 0) is 12.7 Å². The Labute approximate surface area is 105 Å². The summed E-state index contributed by atoms with van der Waals surface area (Å²) in [6, 6.07) is 0. The molecule has 1 aromatic heterocycles. The van der Waals surface area contributed by atoms with Crippen molar-refractivity contribution in [1.29, 1.82) is 0 Å². The molecule has 9 heteroatoms. The van der Waals surface area contributed by atoms with Gasteiger partial charge in [-0.15, -0.1) is 5.10 Å². The van der Waals surface area contributed by atoms with Crippen LogP contribution < -0.4 is 0 Å². The predicted molar refractivity (Wildman–Crippen MR) is 59.6 cm³/mol. The van der Waals surface area contributed by atoms with Crippen molar-refractivity contribution in [3.63, 3.8) is 0 Å². The van der Waals surface area contributed by atoms with Crippen LogP contribution in [0.5, 0.6) is 0 Å². The summed E-state index contributed by atoms with van der Waals surface area (Å²) in [5, 5.41) is 15.2. The zero-order chi connectivity index (χ0) is 13.9. The maximum Gasteiger partial charge on any atom is 0.435 e. The Balaban J connectivity index is 2.95. The highest BCUT2D eigenvalue weighted by Crippen LogP contribution is 2.31. The van der Waals surface area contributed by atoms with Gasteiger partial charge in [-0.1, -0.05) is 19.1 Å². The predicted octanol–water partition coefficient (Wildman–Crippen LogP) is 2.14. The topological polar surface area (TPSA) is 68.0 Å². The summed E-state index contributed by atoms with van der Waals surface area (Å²) >= 11 is 1.46. The molecule has 0 amide bonds. The van der Waals surface area contributed by atoms with Crippen molar-refractivity contribution in [1.82, 2.24) is 15.0 Å². The number of thioether (sulfide) groups is 1. The molecule has 0 aliphatic heterocycles. The smallest absolute Gasteiger partial charge is 0.435 e. The number of hydrogen-bond donors (Lipinski definition) is 1. The third-order valence-electron chi connectivity index (χ3n) is 1.96. The lowest BCUT2D eigenvalue weighted by Gasteiger charge is -2.10. The Morgan fingerprint density at radius 1 is 1.50 bits per heavy atom. The summed E-state index contributed by atoms with van der Waals surface area (Å²) in [7, 11) is 0. The van der Waals surface area contributed by atoms with Gasteiger partial charge in [-0.3, -0.25) is 0 Å². The highest BCUT2D eigenvalue weighted by molar-refractivity contribution is 7.99. The number of carboxylic acids is 1. The second-order valence-electron chi connectivity index (χ2n) is 3.73. The van der Waals surface area contributed by atoms with Gasteiger partial charge in [0, 0.05) is 5.75 Å². The summed E-state index contributed by atoms with van der Waals surface area (Å²) in [6.07, 6.45) is -4.78. The van der Waals surface area contributed by atoms with Crippen LogP contribution >= 0.6 is 11.8 Å². The van der Waals surface area contributed by atoms with Crippen LogP contribution in [0.1, 0.15) is 30.0 Å². The average molecular weight is 283 g/mol. The molecule has 1 aromatic rings. The molecule has 0 aromatic carbocycles. The monoisotopic (exact) mass is 283 g/mol. The number of hydrogen-bond acceptors (Lipinski definition) is 4. The normalized spacial score (nSPS) is 12.1. The molecule has 0 radical (unpaired) electrons. The highest BCUT2D eigenvalue weighted by atomic mass is 32.2. The van der Waals surface area contributed by atoms with Crippen molar-refractivity contribution < 1.29 is 23.1 Å². The van der Waals surface area contributed by atoms with E-state index >= 15 is 0 Å². The third-order valence-corrected chi connectivity index (χ3v) is 3.05. The van der Waals surface area contributed by atoms with Gasteiger partial charge in [0.25, 0.3) is 0 Å². The molecule has 0 saturated heterocycles. The van der Waals surface area contributed by atoms with Crippen LogP contribution in [0.25, 0.3) is 0 Å². The molecule has 0 fully saturated rings. The number of nitrogens with zero attached hydrogens (tertiary/aromatic N) is 3. The quantitative estimate of drug-likeness (QED) is 0.896. The van der Waals surface area contributed by atoms with Crippen LogP contribution in [0.15, 0.2) is 0 Å². The summed E-state index contributed by atoms with van der Waals surface area (Å²) in [5.74, 6) is -1.33. The number of carbonyl (C=O) groups is 1. The standard InChI is InChI=1S/C9H12F3N3O2S/c1-5(2)18-4-3-15-7(9(10,11)12)6(8(16)17)13-14-15/h5H,3-4H2,1-2H3,(H,16,17). The van der Waals surface area contributed by atoms with E-state index in [9.17, 15) is 18.0 Å². The maximum absolute atomic E-state index is 12.7. The number of aryl methyl sites for hydroxylation is 1. The van der Waals surface area contributed by atoms with Crippen LogP contribution in [0.4, 0.5) is 13.2 Å². The minimum atomic E-state index is -4.78. The van der Waals surface area contributed by atoms with E-state index in [4.69, 9.17) is 5.11 Å². The van der Waals surface area contributed by atoms with Gasteiger partial charge in [0.15, 0.2) is 5.69 Å². The van der Waals surface area contributed by atoms with Crippen LogP contribution in [0.3, 0.4) is 0 Å². The van der Waals surface area contributed by atoms with Crippen molar-refractivity contribution in [2.45, 2.75) is 31.8 Å². The summed E-state index contributed by atoms with van der Waals surface area (Å²) in [6.45, 7) is 3.80. The van der Waals surface area contributed by atoms with E-state index in [0.29, 0.717) is 10.4 Å². The molecule has 1 rings (SSSR count). The van der Waals surface area contributed by atoms with E-state index in [-0.39, 0.29) is 11.8 Å². The fourth-order valence-electron chi connectivity index (χ4n) is 1.27. The maximum atomic E-state index is 12.7. The lowest BCUT2D eigenvalue weighted by atomic mass is 10.3. The molecular weight excluding hydrogens is 271 g/mol. The number of halogens is 3. The fourth-order valence-corrected chi connectivity index (χ4v) is 2.02.